The number of carbonyl (C=O) groups is 1. The Labute approximate surface area is 130 Å². The minimum Gasteiger partial charge on any atom is -0.376 e. The summed E-state index contributed by atoms with van der Waals surface area (Å²) in [5.41, 5.74) is 0.798. The van der Waals surface area contributed by atoms with Crippen LogP contribution in [0.3, 0.4) is 0 Å². The van der Waals surface area contributed by atoms with Crippen molar-refractivity contribution in [1.82, 2.24) is 5.32 Å². The Morgan fingerprint density at radius 2 is 1.90 bits per heavy atom. The summed E-state index contributed by atoms with van der Waals surface area (Å²) in [5, 5.41) is 7.13. The van der Waals surface area contributed by atoms with Crippen molar-refractivity contribution < 1.29 is 4.79 Å². The predicted molar refractivity (Wildman–Crippen MR) is 84.5 cm³/mol. The molecule has 0 unspecified atom stereocenters. The van der Waals surface area contributed by atoms with Crippen LogP contribution < -0.4 is 10.6 Å². The van der Waals surface area contributed by atoms with E-state index in [1.165, 1.54) is 12.8 Å². The van der Waals surface area contributed by atoms with Gasteiger partial charge in [0.1, 0.15) is 0 Å². The predicted octanol–water partition coefficient (Wildman–Crippen LogP) is 4.10. The lowest BCUT2D eigenvalue weighted by Crippen LogP contribution is -2.40. The molecule has 0 spiro atoms. The van der Waals surface area contributed by atoms with Crippen LogP contribution in [0.15, 0.2) is 18.2 Å². The number of amides is 1. The second kappa shape index (κ2) is 7.19. The molecule has 1 amide bonds. The van der Waals surface area contributed by atoms with E-state index in [1.54, 1.807) is 12.1 Å². The standard InChI is InChI=1S/C15H20Cl2N2O/c1-10-2-4-11(5-3-10)19-15(20)9-18-12-6-7-13(16)14(17)8-12/h6-8,10-11,18H,2-5,9H2,1H3,(H,19,20). The number of carbonyl (C=O) groups excluding carboxylic acids is 1. The summed E-state index contributed by atoms with van der Waals surface area (Å²) in [6.45, 7) is 2.52. The first-order valence-corrected chi connectivity index (χ1v) is 7.78. The zero-order valence-electron chi connectivity index (χ0n) is 11.6. The third-order valence-corrected chi connectivity index (χ3v) is 4.49. The number of halogens is 2. The van der Waals surface area contributed by atoms with Crippen LogP contribution in [0.1, 0.15) is 32.6 Å². The quantitative estimate of drug-likeness (QED) is 0.878. The van der Waals surface area contributed by atoms with Gasteiger partial charge < -0.3 is 10.6 Å². The molecule has 0 radical (unpaired) electrons. The van der Waals surface area contributed by atoms with Gasteiger partial charge in [-0.15, -0.1) is 0 Å². The SMILES string of the molecule is CC1CCC(NC(=O)CNc2ccc(Cl)c(Cl)c2)CC1. The number of rotatable bonds is 4. The zero-order valence-corrected chi connectivity index (χ0v) is 13.1. The summed E-state index contributed by atoms with van der Waals surface area (Å²) in [7, 11) is 0. The Morgan fingerprint density at radius 1 is 1.20 bits per heavy atom. The average Bonchev–Trinajstić information content (AvgIpc) is 2.43. The summed E-state index contributed by atoms with van der Waals surface area (Å²) < 4.78 is 0. The summed E-state index contributed by atoms with van der Waals surface area (Å²) in [6, 6.07) is 5.57. The lowest BCUT2D eigenvalue weighted by atomic mass is 9.87. The maximum Gasteiger partial charge on any atom is 0.239 e. The molecule has 2 rings (SSSR count). The molecule has 3 nitrogen and oxygen atoms in total. The highest BCUT2D eigenvalue weighted by atomic mass is 35.5. The minimum absolute atomic E-state index is 0.0237. The van der Waals surface area contributed by atoms with E-state index >= 15 is 0 Å². The van der Waals surface area contributed by atoms with Gasteiger partial charge in [0, 0.05) is 11.7 Å². The molecule has 20 heavy (non-hydrogen) atoms. The Morgan fingerprint density at radius 3 is 2.55 bits per heavy atom. The molecule has 2 N–H and O–H groups in total. The van der Waals surface area contributed by atoms with E-state index in [4.69, 9.17) is 23.2 Å². The molecular weight excluding hydrogens is 295 g/mol. The second-order valence-corrected chi connectivity index (χ2v) is 6.32. The third kappa shape index (κ3) is 4.57. The molecule has 0 aromatic heterocycles. The first kappa shape index (κ1) is 15.5. The monoisotopic (exact) mass is 314 g/mol. The number of hydrogen-bond acceptors (Lipinski definition) is 2. The van der Waals surface area contributed by atoms with Crippen LogP contribution in [-0.4, -0.2) is 18.5 Å². The molecule has 1 fully saturated rings. The van der Waals surface area contributed by atoms with E-state index < -0.39 is 0 Å². The molecule has 0 saturated heterocycles. The molecule has 1 aliphatic carbocycles. The van der Waals surface area contributed by atoms with Gasteiger partial charge in [-0.3, -0.25) is 4.79 Å². The Hall–Kier alpha value is -0.930. The minimum atomic E-state index is 0.0237. The molecular formula is C15H20Cl2N2O. The van der Waals surface area contributed by atoms with Crippen molar-refractivity contribution in [2.45, 2.75) is 38.6 Å². The van der Waals surface area contributed by atoms with Crippen LogP contribution in [0.2, 0.25) is 10.0 Å². The normalized spacial score (nSPS) is 22.4. The van der Waals surface area contributed by atoms with Crippen molar-refractivity contribution >= 4 is 34.8 Å². The fourth-order valence-electron chi connectivity index (χ4n) is 2.47. The average molecular weight is 315 g/mol. The molecule has 0 atom stereocenters. The molecule has 1 saturated carbocycles. The smallest absolute Gasteiger partial charge is 0.239 e. The number of nitrogens with one attached hydrogen (secondary N) is 2. The van der Waals surface area contributed by atoms with E-state index in [0.717, 1.165) is 24.4 Å². The van der Waals surface area contributed by atoms with Crippen LogP contribution in [0.4, 0.5) is 5.69 Å². The first-order chi connectivity index (χ1) is 9.54. The van der Waals surface area contributed by atoms with Crippen LogP contribution in [0, 0.1) is 5.92 Å². The van der Waals surface area contributed by atoms with Gasteiger partial charge in [-0.2, -0.15) is 0 Å². The lowest BCUT2D eigenvalue weighted by molar-refractivity contribution is -0.120. The molecule has 110 valence electrons. The highest BCUT2D eigenvalue weighted by Gasteiger charge is 2.19. The van der Waals surface area contributed by atoms with E-state index in [0.29, 0.717) is 16.1 Å². The summed E-state index contributed by atoms with van der Waals surface area (Å²) in [6.07, 6.45) is 4.57. The molecule has 0 aliphatic heterocycles. The summed E-state index contributed by atoms with van der Waals surface area (Å²) in [5.74, 6) is 0.813. The van der Waals surface area contributed by atoms with Gasteiger partial charge in [-0.25, -0.2) is 0 Å². The summed E-state index contributed by atoms with van der Waals surface area (Å²) in [4.78, 5) is 11.9. The molecule has 0 bridgehead atoms. The van der Waals surface area contributed by atoms with Gasteiger partial charge in [0.25, 0.3) is 0 Å². The zero-order chi connectivity index (χ0) is 14.5. The van der Waals surface area contributed by atoms with E-state index in [9.17, 15) is 4.79 Å². The number of hydrogen-bond donors (Lipinski definition) is 2. The van der Waals surface area contributed by atoms with Gasteiger partial charge >= 0.3 is 0 Å². The molecule has 0 heterocycles. The number of anilines is 1. The summed E-state index contributed by atoms with van der Waals surface area (Å²) >= 11 is 11.8. The fourth-order valence-corrected chi connectivity index (χ4v) is 2.77. The van der Waals surface area contributed by atoms with Crippen molar-refractivity contribution in [3.63, 3.8) is 0 Å². The topological polar surface area (TPSA) is 41.1 Å². The Bertz CT molecular complexity index is 471. The molecule has 1 aromatic carbocycles. The van der Waals surface area contributed by atoms with E-state index in [1.807, 2.05) is 6.07 Å². The third-order valence-electron chi connectivity index (χ3n) is 3.75. The van der Waals surface area contributed by atoms with Gasteiger partial charge in [0.05, 0.1) is 16.6 Å². The van der Waals surface area contributed by atoms with Crippen LogP contribution in [0.25, 0.3) is 0 Å². The lowest BCUT2D eigenvalue weighted by Gasteiger charge is -2.27. The van der Waals surface area contributed by atoms with Gasteiger partial charge in [0.2, 0.25) is 5.91 Å². The Balaban J connectivity index is 1.76. The van der Waals surface area contributed by atoms with Crippen LogP contribution in [0.5, 0.6) is 0 Å². The molecule has 1 aromatic rings. The maximum atomic E-state index is 11.9. The molecule has 5 heteroatoms. The largest absolute Gasteiger partial charge is 0.376 e. The number of benzene rings is 1. The van der Waals surface area contributed by atoms with Crippen molar-refractivity contribution in [3.8, 4) is 0 Å². The van der Waals surface area contributed by atoms with Gasteiger partial charge in [-0.1, -0.05) is 30.1 Å². The Kier molecular flexibility index (Phi) is 5.55. The fraction of sp³-hybridized carbons (Fsp3) is 0.533. The molecule has 1 aliphatic rings. The van der Waals surface area contributed by atoms with Gasteiger partial charge in [0.15, 0.2) is 0 Å². The first-order valence-electron chi connectivity index (χ1n) is 7.03. The highest BCUT2D eigenvalue weighted by molar-refractivity contribution is 6.42. The van der Waals surface area contributed by atoms with E-state index in [2.05, 4.69) is 17.6 Å². The van der Waals surface area contributed by atoms with Crippen molar-refractivity contribution in [2.75, 3.05) is 11.9 Å². The second-order valence-electron chi connectivity index (χ2n) is 5.51. The highest BCUT2D eigenvalue weighted by Crippen LogP contribution is 2.25. The van der Waals surface area contributed by atoms with Crippen LogP contribution in [-0.2, 0) is 4.79 Å². The van der Waals surface area contributed by atoms with Crippen LogP contribution >= 0.6 is 23.2 Å². The van der Waals surface area contributed by atoms with Gasteiger partial charge in [-0.05, 0) is 49.8 Å². The van der Waals surface area contributed by atoms with Crippen molar-refractivity contribution in [1.29, 1.82) is 0 Å². The van der Waals surface area contributed by atoms with Crippen molar-refractivity contribution in [2.24, 2.45) is 5.92 Å². The van der Waals surface area contributed by atoms with E-state index in [-0.39, 0.29) is 12.5 Å². The van der Waals surface area contributed by atoms with Crippen molar-refractivity contribution in [3.05, 3.63) is 28.2 Å². The maximum absolute atomic E-state index is 11.9.